The van der Waals surface area contributed by atoms with Gasteiger partial charge in [0.2, 0.25) is 0 Å². The summed E-state index contributed by atoms with van der Waals surface area (Å²) >= 11 is 0. The Balaban J connectivity index is 1.96. The van der Waals surface area contributed by atoms with E-state index in [9.17, 15) is 0 Å². The smallest absolute Gasteiger partial charge is 0.00467 e. The average molecular weight is 185 g/mol. The molecule has 3 aliphatic carbocycles. The minimum atomic E-state index is 0.559. The van der Waals surface area contributed by atoms with Crippen molar-refractivity contribution in [1.82, 2.24) is 0 Å². The first kappa shape index (κ1) is 8.52. The van der Waals surface area contributed by atoms with Crippen LogP contribution < -0.4 is 0 Å². The largest absolute Gasteiger partial charge is 0.0579 e. The predicted octanol–water partition coefficient (Wildman–Crippen LogP) is 3.71. The first-order chi connectivity index (χ1) is 6.89. The first-order valence-electron chi connectivity index (χ1n) is 5.86. The molecule has 0 saturated heterocycles. The molecule has 2 bridgehead atoms. The summed E-state index contributed by atoms with van der Waals surface area (Å²) in [5, 5.41) is 0. The Hall–Kier alpha value is -0.780. The van der Waals surface area contributed by atoms with E-state index in [1.54, 1.807) is 5.56 Å². The van der Waals surface area contributed by atoms with Crippen LogP contribution in [0.2, 0.25) is 0 Å². The predicted molar refractivity (Wildman–Crippen MR) is 58.1 cm³/mol. The molecule has 0 amide bonds. The van der Waals surface area contributed by atoms with Crippen LogP contribution in [0, 0.1) is 12.0 Å². The van der Waals surface area contributed by atoms with Gasteiger partial charge in [-0.3, -0.25) is 0 Å². The molecular formula is C14H17. The van der Waals surface area contributed by atoms with Gasteiger partial charge in [0.1, 0.15) is 0 Å². The van der Waals surface area contributed by atoms with Crippen molar-refractivity contribution in [3.8, 4) is 0 Å². The fourth-order valence-corrected chi connectivity index (χ4v) is 3.42. The normalized spacial score (nSPS) is 35.9. The molecule has 0 unspecified atom stereocenters. The SMILES string of the molecule is [c]1ccc(C23CCC(CC2)CC3)cc1. The van der Waals surface area contributed by atoms with Crippen molar-refractivity contribution in [2.45, 2.75) is 43.9 Å². The first-order valence-corrected chi connectivity index (χ1v) is 5.86. The molecule has 1 aromatic carbocycles. The van der Waals surface area contributed by atoms with Gasteiger partial charge in [-0.1, -0.05) is 24.3 Å². The van der Waals surface area contributed by atoms with Crippen LogP contribution in [0.4, 0.5) is 0 Å². The molecule has 3 aliphatic rings. The summed E-state index contributed by atoms with van der Waals surface area (Å²) in [6.07, 6.45) is 8.71. The minimum absolute atomic E-state index is 0.559. The summed E-state index contributed by atoms with van der Waals surface area (Å²) < 4.78 is 0. The standard InChI is InChI=1S/C14H17/c1-2-4-13(5-3-1)14-9-6-12(7-10-14)8-11-14/h2-5,12H,6-11H2. The van der Waals surface area contributed by atoms with Gasteiger partial charge in [-0.25, -0.2) is 0 Å². The maximum Gasteiger partial charge on any atom is -0.00467 e. The van der Waals surface area contributed by atoms with Crippen molar-refractivity contribution in [3.05, 3.63) is 35.9 Å². The lowest BCUT2D eigenvalue weighted by Gasteiger charge is -2.47. The summed E-state index contributed by atoms with van der Waals surface area (Å²) in [7, 11) is 0. The molecule has 0 atom stereocenters. The van der Waals surface area contributed by atoms with Crippen molar-refractivity contribution in [1.29, 1.82) is 0 Å². The van der Waals surface area contributed by atoms with Crippen LogP contribution in [0.25, 0.3) is 0 Å². The van der Waals surface area contributed by atoms with Crippen molar-refractivity contribution in [2.75, 3.05) is 0 Å². The topological polar surface area (TPSA) is 0 Å². The number of rotatable bonds is 1. The third-order valence-electron chi connectivity index (χ3n) is 4.42. The average Bonchev–Trinajstić information content (AvgIpc) is 2.33. The maximum absolute atomic E-state index is 3.13. The second-order valence-corrected chi connectivity index (χ2v) is 5.05. The number of fused-ring (bicyclic) bond motifs is 3. The van der Waals surface area contributed by atoms with E-state index in [1.165, 1.54) is 38.5 Å². The monoisotopic (exact) mass is 185 g/mol. The van der Waals surface area contributed by atoms with Crippen molar-refractivity contribution < 1.29 is 0 Å². The lowest BCUT2D eigenvalue weighted by molar-refractivity contribution is 0.136. The van der Waals surface area contributed by atoms with Crippen LogP contribution in [0.15, 0.2) is 24.3 Å². The summed E-state index contributed by atoms with van der Waals surface area (Å²) in [6.45, 7) is 0. The summed E-state index contributed by atoms with van der Waals surface area (Å²) in [5.41, 5.74) is 2.14. The zero-order valence-corrected chi connectivity index (χ0v) is 8.63. The molecule has 0 heterocycles. The van der Waals surface area contributed by atoms with Crippen LogP contribution in [0.3, 0.4) is 0 Å². The Morgan fingerprint density at radius 2 is 1.57 bits per heavy atom. The summed E-state index contributed by atoms with van der Waals surface area (Å²) in [6, 6.07) is 11.8. The van der Waals surface area contributed by atoms with Crippen molar-refractivity contribution in [3.63, 3.8) is 0 Å². The van der Waals surface area contributed by atoms with Gasteiger partial charge >= 0.3 is 0 Å². The molecule has 0 N–H and O–H groups in total. The molecule has 1 radical (unpaired) electrons. The Morgan fingerprint density at radius 1 is 1.00 bits per heavy atom. The molecule has 1 aromatic rings. The van der Waals surface area contributed by atoms with Crippen LogP contribution in [0.5, 0.6) is 0 Å². The van der Waals surface area contributed by atoms with Crippen molar-refractivity contribution in [2.24, 2.45) is 5.92 Å². The highest BCUT2D eigenvalue weighted by molar-refractivity contribution is 5.26. The molecule has 3 saturated carbocycles. The Morgan fingerprint density at radius 3 is 2.14 bits per heavy atom. The Kier molecular flexibility index (Phi) is 1.90. The molecule has 14 heavy (non-hydrogen) atoms. The highest BCUT2D eigenvalue weighted by Gasteiger charge is 2.41. The number of benzene rings is 1. The quantitative estimate of drug-likeness (QED) is 0.625. The van der Waals surface area contributed by atoms with E-state index in [4.69, 9.17) is 0 Å². The lowest BCUT2D eigenvalue weighted by atomic mass is 9.58. The molecule has 0 heteroatoms. The maximum atomic E-state index is 3.13. The zero-order chi connectivity index (χ0) is 9.43. The van der Waals surface area contributed by atoms with Crippen molar-refractivity contribution >= 4 is 0 Å². The summed E-state index contributed by atoms with van der Waals surface area (Å²) in [5.74, 6) is 1.06. The lowest BCUT2D eigenvalue weighted by Crippen LogP contribution is -2.37. The molecule has 3 fully saturated rings. The van der Waals surface area contributed by atoms with E-state index in [1.807, 2.05) is 0 Å². The Labute approximate surface area is 86.3 Å². The highest BCUT2D eigenvalue weighted by Crippen LogP contribution is 2.51. The number of hydrogen-bond donors (Lipinski definition) is 0. The Bertz CT molecular complexity index is 290. The number of hydrogen-bond acceptors (Lipinski definition) is 0. The fourth-order valence-electron chi connectivity index (χ4n) is 3.42. The molecule has 0 spiro atoms. The van der Waals surface area contributed by atoms with Crippen LogP contribution >= 0.6 is 0 Å². The van der Waals surface area contributed by atoms with Gasteiger partial charge in [0.25, 0.3) is 0 Å². The van der Waals surface area contributed by atoms with Gasteiger partial charge in [-0.05, 0) is 61.5 Å². The van der Waals surface area contributed by atoms with Gasteiger partial charge in [0.15, 0.2) is 0 Å². The molecular weight excluding hydrogens is 168 g/mol. The molecule has 73 valence electrons. The van der Waals surface area contributed by atoms with E-state index in [0.717, 1.165) is 5.92 Å². The molecule has 0 aromatic heterocycles. The van der Waals surface area contributed by atoms with E-state index < -0.39 is 0 Å². The van der Waals surface area contributed by atoms with Gasteiger partial charge < -0.3 is 0 Å². The van der Waals surface area contributed by atoms with E-state index in [-0.39, 0.29) is 0 Å². The fraction of sp³-hybridized carbons (Fsp3) is 0.571. The second-order valence-electron chi connectivity index (χ2n) is 5.05. The van der Waals surface area contributed by atoms with E-state index >= 15 is 0 Å². The third kappa shape index (κ3) is 1.20. The van der Waals surface area contributed by atoms with Gasteiger partial charge in [0, 0.05) is 0 Å². The third-order valence-corrected chi connectivity index (χ3v) is 4.42. The van der Waals surface area contributed by atoms with Gasteiger partial charge in [-0.15, -0.1) is 0 Å². The second kappa shape index (κ2) is 3.12. The van der Waals surface area contributed by atoms with Crippen LogP contribution in [0.1, 0.15) is 44.1 Å². The summed E-state index contributed by atoms with van der Waals surface area (Å²) in [4.78, 5) is 0. The van der Waals surface area contributed by atoms with Crippen LogP contribution in [-0.2, 0) is 5.41 Å². The van der Waals surface area contributed by atoms with E-state index in [0.29, 0.717) is 5.41 Å². The van der Waals surface area contributed by atoms with Crippen LogP contribution in [-0.4, -0.2) is 0 Å². The minimum Gasteiger partial charge on any atom is -0.0579 e. The van der Waals surface area contributed by atoms with Gasteiger partial charge in [0.05, 0.1) is 0 Å². The zero-order valence-electron chi connectivity index (χ0n) is 8.63. The molecule has 0 nitrogen and oxygen atoms in total. The van der Waals surface area contributed by atoms with E-state index in [2.05, 4.69) is 30.3 Å². The molecule has 4 rings (SSSR count). The highest BCUT2D eigenvalue weighted by atomic mass is 14.5. The molecule has 0 aliphatic heterocycles. The van der Waals surface area contributed by atoms with Gasteiger partial charge in [-0.2, -0.15) is 0 Å².